The van der Waals surface area contributed by atoms with E-state index in [9.17, 15) is 0 Å². The lowest BCUT2D eigenvalue weighted by Gasteiger charge is -2.29. The molecule has 16 heavy (non-hydrogen) atoms. The van der Waals surface area contributed by atoms with E-state index in [0.29, 0.717) is 25.0 Å². The highest BCUT2D eigenvalue weighted by molar-refractivity contribution is 5.54. The molecule has 0 spiro atoms. The Morgan fingerprint density at radius 2 is 1.50 bits per heavy atom. The van der Waals surface area contributed by atoms with Crippen molar-refractivity contribution in [3.63, 3.8) is 0 Å². The molecule has 4 aliphatic rings. The molecule has 3 fully saturated rings. The number of rotatable bonds is 0. The molecule has 0 unspecified atom stereocenters. The van der Waals surface area contributed by atoms with E-state index >= 15 is 0 Å². The van der Waals surface area contributed by atoms with Crippen molar-refractivity contribution >= 4 is 0 Å². The molecule has 2 aliphatic heterocycles. The molecule has 1 saturated carbocycles. The maximum absolute atomic E-state index is 6.11. The van der Waals surface area contributed by atoms with E-state index in [1.807, 2.05) is 0 Å². The van der Waals surface area contributed by atoms with E-state index in [1.54, 1.807) is 0 Å². The smallest absolute Gasteiger partial charge is 0.134 e. The van der Waals surface area contributed by atoms with E-state index in [1.165, 1.54) is 17.5 Å². The van der Waals surface area contributed by atoms with Crippen molar-refractivity contribution in [3.05, 3.63) is 35.4 Å². The molecule has 3 heteroatoms. The summed E-state index contributed by atoms with van der Waals surface area (Å²) in [4.78, 5) is 10.3. The SMILES string of the molecule is c1ccc2c(c1)[C@H]1C[C@@H]2[C@@]23COOC[C@@]12O3. The van der Waals surface area contributed by atoms with Crippen molar-refractivity contribution in [2.45, 2.75) is 29.5 Å². The number of epoxide rings is 1. The van der Waals surface area contributed by atoms with Gasteiger partial charge in [0, 0.05) is 11.8 Å². The Morgan fingerprint density at radius 1 is 0.938 bits per heavy atom. The summed E-state index contributed by atoms with van der Waals surface area (Å²) in [5.41, 5.74) is 2.85. The van der Waals surface area contributed by atoms with Gasteiger partial charge in [-0.25, -0.2) is 9.78 Å². The van der Waals surface area contributed by atoms with Crippen LogP contribution in [0.1, 0.15) is 29.4 Å². The number of benzene rings is 1. The summed E-state index contributed by atoms with van der Waals surface area (Å²) >= 11 is 0. The van der Waals surface area contributed by atoms with Gasteiger partial charge in [-0.15, -0.1) is 0 Å². The molecule has 2 saturated heterocycles. The van der Waals surface area contributed by atoms with Gasteiger partial charge in [0.25, 0.3) is 0 Å². The van der Waals surface area contributed by atoms with Crippen LogP contribution in [0, 0.1) is 0 Å². The first-order valence-electron chi connectivity index (χ1n) is 5.91. The van der Waals surface area contributed by atoms with Crippen LogP contribution >= 0.6 is 0 Å². The highest BCUT2D eigenvalue weighted by Gasteiger charge is 2.85. The molecule has 0 aromatic heterocycles. The van der Waals surface area contributed by atoms with E-state index < -0.39 is 0 Å². The van der Waals surface area contributed by atoms with Crippen LogP contribution in [-0.4, -0.2) is 24.4 Å². The molecule has 0 radical (unpaired) electrons. The predicted octanol–water partition coefficient (Wildman–Crippen LogP) is 1.74. The van der Waals surface area contributed by atoms with Gasteiger partial charge in [0.2, 0.25) is 0 Å². The van der Waals surface area contributed by atoms with Crippen molar-refractivity contribution in [2.75, 3.05) is 13.2 Å². The molecule has 2 aliphatic carbocycles. The molecule has 1 aromatic carbocycles. The van der Waals surface area contributed by atoms with Crippen molar-refractivity contribution < 1.29 is 14.5 Å². The zero-order valence-electron chi connectivity index (χ0n) is 8.81. The third kappa shape index (κ3) is 0.609. The summed E-state index contributed by atoms with van der Waals surface area (Å²) in [6.07, 6.45) is 1.21. The Hall–Kier alpha value is -0.900. The average molecular weight is 216 g/mol. The van der Waals surface area contributed by atoms with Gasteiger partial charge in [-0.3, -0.25) is 0 Å². The zero-order valence-corrected chi connectivity index (χ0v) is 8.81. The monoisotopic (exact) mass is 216 g/mol. The zero-order chi connectivity index (χ0) is 10.4. The lowest BCUT2D eigenvalue weighted by molar-refractivity contribution is -0.319. The largest absolute Gasteiger partial charge is 0.356 e. The van der Waals surface area contributed by atoms with Crippen LogP contribution in [0.2, 0.25) is 0 Å². The molecule has 0 N–H and O–H groups in total. The first kappa shape index (κ1) is 8.23. The maximum atomic E-state index is 6.11. The molecule has 2 heterocycles. The molecule has 5 rings (SSSR count). The van der Waals surface area contributed by atoms with Crippen LogP contribution < -0.4 is 0 Å². The van der Waals surface area contributed by atoms with Gasteiger partial charge >= 0.3 is 0 Å². The molecule has 0 amide bonds. The molecule has 2 bridgehead atoms. The Morgan fingerprint density at radius 3 is 2.06 bits per heavy atom. The highest BCUT2D eigenvalue weighted by Crippen LogP contribution is 2.76. The van der Waals surface area contributed by atoms with Crippen molar-refractivity contribution in [2.24, 2.45) is 0 Å². The fraction of sp³-hybridized carbons (Fsp3) is 0.538. The van der Waals surface area contributed by atoms with Crippen molar-refractivity contribution in [3.8, 4) is 0 Å². The predicted molar refractivity (Wildman–Crippen MR) is 55.0 cm³/mol. The summed E-state index contributed by atoms with van der Waals surface area (Å²) in [7, 11) is 0. The minimum atomic E-state index is -0.0513. The summed E-state index contributed by atoms with van der Waals surface area (Å²) in [6, 6.07) is 8.74. The van der Waals surface area contributed by atoms with Crippen LogP contribution in [0.25, 0.3) is 0 Å². The summed E-state index contributed by atoms with van der Waals surface area (Å²) in [6.45, 7) is 1.20. The second-order valence-corrected chi connectivity index (χ2v) is 5.38. The van der Waals surface area contributed by atoms with E-state index in [-0.39, 0.29) is 11.2 Å². The van der Waals surface area contributed by atoms with E-state index in [4.69, 9.17) is 14.5 Å². The van der Waals surface area contributed by atoms with Gasteiger partial charge in [0.05, 0.1) is 0 Å². The normalized spacial score (nSPS) is 50.8. The third-order valence-electron chi connectivity index (χ3n) is 5.01. The number of hydrogen-bond acceptors (Lipinski definition) is 3. The number of ether oxygens (including phenoxy) is 1. The summed E-state index contributed by atoms with van der Waals surface area (Å²) in [5, 5.41) is 0. The van der Waals surface area contributed by atoms with Crippen LogP contribution in [0.3, 0.4) is 0 Å². The molecule has 3 nitrogen and oxygen atoms in total. The first-order chi connectivity index (χ1) is 7.87. The second kappa shape index (κ2) is 2.21. The van der Waals surface area contributed by atoms with E-state index in [2.05, 4.69) is 24.3 Å². The van der Waals surface area contributed by atoms with Crippen LogP contribution in [0.4, 0.5) is 0 Å². The Kier molecular flexibility index (Phi) is 1.14. The maximum Gasteiger partial charge on any atom is 0.134 e. The van der Waals surface area contributed by atoms with Crippen molar-refractivity contribution in [1.29, 1.82) is 0 Å². The highest BCUT2D eigenvalue weighted by atomic mass is 17.2. The molecule has 4 atom stereocenters. The Bertz CT molecular complexity index is 457. The van der Waals surface area contributed by atoms with Crippen LogP contribution in [-0.2, 0) is 14.5 Å². The van der Waals surface area contributed by atoms with Gasteiger partial charge in [0.1, 0.15) is 24.4 Å². The fourth-order valence-corrected chi connectivity index (χ4v) is 4.31. The van der Waals surface area contributed by atoms with E-state index in [0.717, 1.165) is 0 Å². The molecule has 1 aromatic rings. The Balaban J connectivity index is 1.76. The van der Waals surface area contributed by atoms with Gasteiger partial charge in [-0.05, 0) is 17.5 Å². The molecular formula is C13H12O3. The van der Waals surface area contributed by atoms with Crippen LogP contribution in [0.15, 0.2) is 24.3 Å². The minimum Gasteiger partial charge on any atom is -0.356 e. The second-order valence-electron chi connectivity index (χ2n) is 5.38. The van der Waals surface area contributed by atoms with Crippen LogP contribution in [0.5, 0.6) is 0 Å². The first-order valence-corrected chi connectivity index (χ1v) is 5.91. The lowest BCUT2D eigenvalue weighted by Crippen LogP contribution is -2.42. The van der Waals surface area contributed by atoms with Crippen molar-refractivity contribution in [1.82, 2.24) is 0 Å². The quantitative estimate of drug-likeness (QED) is 0.489. The lowest BCUT2D eigenvalue weighted by atomic mass is 9.76. The van der Waals surface area contributed by atoms with Gasteiger partial charge in [-0.1, -0.05) is 24.3 Å². The standard InChI is InChI=1S/C13H12O3/c1-2-4-9-8(3-1)10-5-11(9)13-7-15-14-6-12(10,13)16-13/h1-4,10-11H,5-7H2/t10-,11+,12-,13+. The molecular weight excluding hydrogens is 204 g/mol. The van der Waals surface area contributed by atoms with Gasteiger partial charge in [-0.2, -0.15) is 0 Å². The van der Waals surface area contributed by atoms with Gasteiger partial charge < -0.3 is 4.74 Å². The Labute approximate surface area is 93.2 Å². The summed E-state index contributed by atoms with van der Waals surface area (Å²) < 4.78 is 6.11. The minimum absolute atomic E-state index is 0.0513. The third-order valence-corrected chi connectivity index (χ3v) is 5.01. The average Bonchev–Trinajstić information content (AvgIpc) is 2.78. The number of hydrogen-bond donors (Lipinski definition) is 0. The molecule has 82 valence electrons. The summed E-state index contributed by atoms with van der Waals surface area (Å²) in [5.74, 6) is 1.05. The fourth-order valence-electron chi connectivity index (χ4n) is 4.31. The van der Waals surface area contributed by atoms with Gasteiger partial charge in [0.15, 0.2) is 0 Å². The number of fused-ring (bicyclic) bond motifs is 5. The topological polar surface area (TPSA) is 31.0 Å².